The Morgan fingerprint density at radius 3 is 2.78 bits per heavy atom. The summed E-state index contributed by atoms with van der Waals surface area (Å²) < 4.78 is 1.04. The van der Waals surface area contributed by atoms with Crippen molar-refractivity contribution in [2.75, 3.05) is 26.7 Å². The molecule has 1 fully saturated rings. The Labute approximate surface area is 117 Å². The summed E-state index contributed by atoms with van der Waals surface area (Å²) >= 11 is 3.39. The van der Waals surface area contributed by atoms with Gasteiger partial charge in [-0.05, 0) is 43.6 Å². The Hall–Kier alpha value is -0.870. The highest BCUT2D eigenvalue weighted by Crippen LogP contribution is 2.13. The van der Waals surface area contributed by atoms with E-state index in [2.05, 4.69) is 33.2 Å². The van der Waals surface area contributed by atoms with E-state index in [-0.39, 0.29) is 5.91 Å². The molecule has 0 radical (unpaired) electrons. The first kappa shape index (κ1) is 13.6. The second-order valence-corrected chi connectivity index (χ2v) is 5.94. The summed E-state index contributed by atoms with van der Waals surface area (Å²) in [5, 5.41) is 3.03. The Morgan fingerprint density at radius 1 is 1.44 bits per heavy atom. The number of hydrogen-bond acceptors (Lipinski definition) is 2. The third-order valence-electron chi connectivity index (χ3n) is 3.35. The molecule has 1 aromatic rings. The van der Waals surface area contributed by atoms with E-state index in [1.165, 1.54) is 6.42 Å². The van der Waals surface area contributed by atoms with Crippen LogP contribution in [0.4, 0.5) is 0 Å². The van der Waals surface area contributed by atoms with Crippen LogP contribution >= 0.6 is 15.9 Å². The molecule has 1 saturated heterocycles. The van der Waals surface area contributed by atoms with Crippen LogP contribution in [0.1, 0.15) is 12.0 Å². The van der Waals surface area contributed by atoms with Crippen LogP contribution in [0.5, 0.6) is 0 Å². The van der Waals surface area contributed by atoms with Gasteiger partial charge in [0.25, 0.3) is 0 Å². The molecule has 0 aliphatic carbocycles. The maximum absolute atomic E-state index is 11.8. The van der Waals surface area contributed by atoms with Gasteiger partial charge in [-0.3, -0.25) is 4.79 Å². The topological polar surface area (TPSA) is 32.3 Å². The molecule has 0 bridgehead atoms. The number of rotatable bonds is 4. The molecule has 1 aromatic carbocycles. The minimum Gasteiger partial charge on any atom is -0.355 e. The molecular formula is C14H19BrN2O. The number of nitrogens with one attached hydrogen (secondary N) is 1. The van der Waals surface area contributed by atoms with Crippen LogP contribution in [0.2, 0.25) is 0 Å². The fraction of sp³-hybridized carbons (Fsp3) is 0.500. The van der Waals surface area contributed by atoms with Gasteiger partial charge < -0.3 is 10.2 Å². The highest BCUT2D eigenvalue weighted by atomic mass is 79.9. The third-order valence-corrected chi connectivity index (χ3v) is 3.88. The van der Waals surface area contributed by atoms with E-state index < -0.39 is 0 Å². The molecule has 2 rings (SSSR count). The molecule has 1 unspecified atom stereocenters. The first-order chi connectivity index (χ1) is 8.63. The number of hydrogen-bond donors (Lipinski definition) is 1. The van der Waals surface area contributed by atoms with Gasteiger partial charge in [0.15, 0.2) is 0 Å². The highest BCUT2D eigenvalue weighted by molar-refractivity contribution is 9.10. The van der Waals surface area contributed by atoms with E-state index in [1.807, 2.05) is 24.3 Å². The SMILES string of the molecule is CN1CCC(CNC(=O)Cc2ccc(Br)cc2)C1. The number of amides is 1. The van der Waals surface area contributed by atoms with Crippen molar-refractivity contribution < 1.29 is 4.79 Å². The molecule has 1 aliphatic rings. The molecule has 3 nitrogen and oxygen atoms in total. The van der Waals surface area contributed by atoms with Crippen LogP contribution in [0.15, 0.2) is 28.7 Å². The van der Waals surface area contributed by atoms with Gasteiger partial charge in [-0.15, -0.1) is 0 Å². The molecule has 0 aromatic heterocycles. The zero-order chi connectivity index (χ0) is 13.0. The average Bonchev–Trinajstić information content (AvgIpc) is 2.76. The van der Waals surface area contributed by atoms with Crippen molar-refractivity contribution >= 4 is 21.8 Å². The highest BCUT2D eigenvalue weighted by Gasteiger charge is 2.19. The largest absolute Gasteiger partial charge is 0.355 e. The normalized spacial score (nSPS) is 20.0. The lowest BCUT2D eigenvalue weighted by Crippen LogP contribution is -2.31. The van der Waals surface area contributed by atoms with Crippen molar-refractivity contribution in [2.45, 2.75) is 12.8 Å². The molecule has 1 N–H and O–H groups in total. The second-order valence-electron chi connectivity index (χ2n) is 5.02. The number of carbonyl (C=O) groups is 1. The zero-order valence-electron chi connectivity index (χ0n) is 10.7. The van der Waals surface area contributed by atoms with Crippen LogP contribution in [-0.4, -0.2) is 37.5 Å². The molecule has 0 saturated carbocycles. The average molecular weight is 311 g/mol. The van der Waals surface area contributed by atoms with Crippen molar-refractivity contribution in [3.63, 3.8) is 0 Å². The Kier molecular flexibility index (Phi) is 4.78. The lowest BCUT2D eigenvalue weighted by atomic mass is 10.1. The minimum atomic E-state index is 0.117. The van der Waals surface area contributed by atoms with Crippen LogP contribution in [0.3, 0.4) is 0 Å². The maximum atomic E-state index is 11.8. The predicted octanol–water partition coefficient (Wildman–Crippen LogP) is 2.06. The molecule has 4 heteroatoms. The van der Waals surface area contributed by atoms with Gasteiger partial charge in [-0.1, -0.05) is 28.1 Å². The molecule has 98 valence electrons. The molecule has 1 amide bonds. The van der Waals surface area contributed by atoms with Crippen molar-refractivity contribution in [1.29, 1.82) is 0 Å². The van der Waals surface area contributed by atoms with Crippen LogP contribution in [-0.2, 0) is 11.2 Å². The summed E-state index contributed by atoms with van der Waals surface area (Å²) in [6, 6.07) is 7.89. The van der Waals surface area contributed by atoms with E-state index in [4.69, 9.17) is 0 Å². The first-order valence-electron chi connectivity index (χ1n) is 6.33. The fourth-order valence-corrected chi connectivity index (χ4v) is 2.57. The van der Waals surface area contributed by atoms with Crippen LogP contribution in [0, 0.1) is 5.92 Å². The minimum absolute atomic E-state index is 0.117. The molecular weight excluding hydrogens is 292 g/mol. The molecule has 1 heterocycles. The quantitative estimate of drug-likeness (QED) is 0.923. The number of nitrogens with zero attached hydrogens (tertiary/aromatic N) is 1. The molecule has 1 atom stereocenters. The van der Waals surface area contributed by atoms with Crippen molar-refractivity contribution in [1.82, 2.24) is 10.2 Å². The Bertz CT molecular complexity index is 405. The van der Waals surface area contributed by atoms with Gasteiger partial charge in [0.05, 0.1) is 6.42 Å². The first-order valence-corrected chi connectivity index (χ1v) is 7.12. The lowest BCUT2D eigenvalue weighted by molar-refractivity contribution is -0.120. The van der Waals surface area contributed by atoms with Crippen LogP contribution in [0.25, 0.3) is 0 Å². The standard InChI is InChI=1S/C14H19BrN2O/c1-17-7-6-12(10-17)9-16-14(18)8-11-2-4-13(15)5-3-11/h2-5,12H,6-10H2,1H3,(H,16,18). The number of benzene rings is 1. The van der Waals surface area contributed by atoms with Gasteiger partial charge in [0, 0.05) is 17.6 Å². The predicted molar refractivity (Wildman–Crippen MR) is 76.5 cm³/mol. The fourth-order valence-electron chi connectivity index (χ4n) is 2.30. The monoisotopic (exact) mass is 310 g/mol. The van der Waals surface area contributed by atoms with Gasteiger partial charge >= 0.3 is 0 Å². The lowest BCUT2D eigenvalue weighted by Gasteiger charge is -2.11. The summed E-state index contributed by atoms with van der Waals surface area (Å²) in [7, 11) is 2.13. The van der Waals surface area contributed by atoms with E-state index in [9.17, 15) is 4.79 Å². The second kappa shape index (κ2) is 6.34. The van der Waals surface area contributed by atoms with Gasteiger partial charge in [-0.25, -0.2) is 0 Å². The van der Waals surface area contributed by atoms with Gasteiger partial charge in [-0.2, -0.15) is 0 Å². The van der Waals surface area contributed by atoms with Crippen molar-refractivity contribution in [3.05, 3.63) is 34.3 Å². The zero-order valence-corrected chi connectivity index (χ0v) is 12.2. The van der Waals surface area contributed by atoms with E-state index in [0.29, 0.717) is 12.3 Å². The summed E-state index contributed by atoms with van der Waals surface area (Å²) in [5.41, 5.74) is 1.05. The van der Waals surface area contributed by atoms with E-state index >= 15 is 0 Å². The third kappa shape index (κ3) is 4.10. The maximum Gasteiger partial charge on any atom is 0.224 e. The number of carbonyl (C=O) groups excluding carboxylic acids is 1. The molecule has 18 heavy (non-hydrogen) atoms. The summed E-state index contributed by atoms with van der Waals surface area (Å²) in [4.78, 5) is 14.1. The van der Waals surface area contributed by atoms with E-state index in [0.717, 1.165) is 29.7 Å². The smallest absolute Gasteiger partial charge is 0.224 e. The van der Waals surface area contributed by atoms with E-state index in [1.54, 1.807) is 0 Å². The Morgan fingerprint density at radius 2 is 2.17 bits per heavy atom. The van der Waals surface area contributed by atoms with Gasteiger partial charge in [0.2, 0.25) is 5.91 Å². The Balaban J connectivity index is 1.73. The summed E-state index contributed by atoms with van der Waals surface area (Å²) in [5.74, 6) is 0.732. The van der Waals surface area contributed by atoms with Crippen LogP contribution < -0.4 is 5.32 Å². The number of halogens is 1. The van der Waals surface area contributed by atoms with Crippen molar-refractivity contribution in [3.8, 4) is 0 Å². The molecule has 1 aliphatic heterocycles. The van der Waals surface area contributed by atoms with Gasteiger partial charge in [0.1, 0.15) is 0 Å². The van der Waals surface area contributed by atoms with Crippen molar-refractivity contribution in [2.24, 2.45) is 5.92 Å². The molecule has 0 spiro atoms. The number of likely N-dealkylation sites (tertiary alicyclic amines) is 1. The summed E-state index contributed by atoms with van der Waals surface area (Å²) in [6.07, 6.45) is 1.66. The summed E-state index contributed by atoms with van der Waals surface area (Å²) in [6.45, 7) is 3.05.